The Morgan fingerprint density at radius 2 is 1.77 bits per heavy atom. The summed E-state index contributed by atoms with van der Waals surface area (Å²) in [6.45, 7) is 4.98. The molecule has 3 aromatic rings. The molecule has 0 spiro atoms. The van der Waals surface area contributed by atoms with Crippen LogP contribution < -0.4 is 14.5 Å². The lowest BCUT2D eigenvalue weighted by Gasteiger charge is -2.33. The SMILES string of the molecule is COc1ccc(-c2noc(C[NH+]3CCN(c4ccccc4)CC3)n2)cc1. The molecule has 0 aliphatic carbocycles. The molecule has 1 saturated heterocycles. The zero-order valence-corrected chi connectivity index (χ0v) is 14.9. The predicted octanol–water partition coefficient (Wildman–Crippen LogP) is 1.65. The fraction of sp³-hybridized carbons (Fsp3) is 0.300. The molecule has 1 N–H and O–H groups in total. The monoisotopic (exact) mass is 351 g/mol. The Morgan fingerprint density at radius 1 is 1.04 bits per heavy atom. The van der Waals surface area contributed by atoms with Crippen LogP contribution in [0.2, 0.25) is 0 Å². The van der Waals surface area contributed by atoms with E-state index in [0.29, 0.717) is 11.7 Å². The number of methoxy groups -OCH3 is 1. The zero-order valence-electron chi connectivity index (χ0n) is 14.9. The number of anilines is 1. The van der Waals surface area contributed by atoms with E-state index < -0.39 is 0 Å². The van der Waals surface area contributed by atoms with Crippen molar-refractivity contribution in [3.63, 3.8) is 0 Å². The number of nitrogens with one attached hydrogen (secondary N) is 1. The first-order valence-corrected chi connectivity index (χ1v) is 8.92. The van der Waals surface area contributed by atoms with Gasteiger partial charge in [-0.1, -0.05) is 23.4 Å². The van der Waals surface area contributed by atoms with Crippen LogP contribution in [-0.2, 0) is 6.54 Å². The van der Waals surface area contributed by atoms with Crippen LogP contribution in [0.25, 0.3) is 11.4 Å². The van der Waals surface area contributed by atoms with Gasteiger partial charge in [-0.2, -0.15) is 4.98 Å². The van der Waals surface area contributed by atoms with Crippen LogP contribution in [0.3, 0.4) is 0 Å². The van der Waals surface area contributed by atoms with Crippen molar-refractivity contribution in [2.75, 3.05) is 38.2 Å². The smallest absolute Gasteiger partial charge is 0.282 e. The van der Waals surface area contributed by atoms with Crippen LogP contribution in [0.5, 0.6) is 5.75 Å². The van der Waals surface area contributed by atoms with Crippen molar-refractivity contribution in [2.45, 2.75) is 6.54 Å². The van der Waals surface area contributed by atoms with Crippen molar-refractivity contribution in [1.29, 1.82) is 0 Å². The molecule has 6 nitrogen and oxygen atoms in total. The first kappa shape index (κ1) is 16.6. The third kappa shape index (κ3) is 3.70. The summed E-state index contributed by atoms with van der Waals surface area (Å²) in [6, 6.07) is 18.3. The second-order valence-corrected chi connectivity index (χ2v) is 6.49. The lowest BCUT2D eigenvalue weighted by Crippen LogP contribution is -3.13. The van der Waals surface area contributed by atoms with Gasteiger partial charge < -0.3 is 19.1 Å². The minimum absolute atomic E-state index is 0.630. The number of rotatable bonds is 5. The highest BCUT2D eigenvalue weighted by molar-refractivity contribution is 5.55. The number of piperazine rings is 1. The quantitative estimate of drug-likeness (QED) is 0.758. The first-order valence-electron chi connectivity index (χ1n) is 8.92. The lowest BCUT2D eigenvalue weighted by atomic mass is 10.2. The van der Waals surface area contributed by atoms with Gasteiger partial charge in [0.1, 0.15) is 5.75 Å². The molecular weight excluding hydrogens is 328 g/mol. The largest absolute Gasteiger partial charge is 0.497 e. The van der Waals surface area contributed by atoms with Crippen molar-refractivity contribution in [1.82, 2.24) is 10.1 Å². The molecule has 6 heteroatoms. The Hall–Kier alpha value is -2.86. The number of nitrogens with zero attached hydrogens (tertiary/aromatic N) is 3. The van der Waals surface area contributed by atoms with Gasteiger partial charge in [-0.3, -0.25) is 0 Å². The molecule has 0 unspecified atom stereocenters. The van der Waals surface area contributed by atoms with Gasteiger partial charge in [0.05, 0.1) is 33.3 Å². The molecular formula is C20H23N4O2+. The maximum Gasteiger partial charge on any atom is 0.282 e. The van der Waals surface area contributed by atoms with E-state index in [2.05, 4.69) is 45.4 Å². The summed E-state index contributed by atoms with van der Waals surface area (Å²) in [5.74, 6) is 2.14. The van der Waals surface area contributed by atoms with Gasteiger partial charge in [0.25, 0.3) is 5.89 Å². The molecule has 0 radical (unpaired) electrons. The third-order valence-electron chi connectivity index (χ3n) is 4.81. The molecule has 4 rings (SSSR count). The maximum absolute atomic E-state index is 5.46. The molecule has 2 aromatic carbocycles. The normalized spacial score (nSPS) is 15.2. The standard InChI is InChI=1S/C20H22N4O2/c1-25-18-9-7-16(8-10-18)20-21-19(26-22-20)15-23-11-13-24(14-12-23)17-5-3-2-4-6-17/h2-10H,11-15H2,1H3/p+1. The Morgan fingerprint density at radius 3 is 2.46 bits per heavy atom. The van der Waals surface area contributed by atoms with E-state index in [0.717, 1.165) is 44.0 Å². The molecule has 26 heavy (non-hydrogen) atoms. The highest BCUT2D eigenvalue weighted by Crippen LogP contribution is 2.19. The van der Waals surface area contributed by atoms with E-state index in [1.54, 1.807) is 7.11 Å². The molecule has 1 aromatic heterocycles. The summed E-state index contributed by atoms with van der Waals surface area (Å²) >= 11 is 0. The molecule has 1 aliphatic rings. The van der Waals surface area contributed by atoms with E-state index in [-0.39, 0.29) is 0 Å². The lowest BCUT2D eigenvalue weighted by molar-refractivity contribution is -0.915. The van der Waals surface area contributed by atoms with Crippen LogP contribution in [0, 0.1) is 0 Å². The second-order valence-electron chi connectivity index (χ2n) is 6.49. The third-order valence-corrected chi connectivity index (χ3v) is 4.81. The summed E-state index contributed by atoms with van der Waals surface area (Å²) in [5, 5.41) is 4.12. The molecule has 134 valence electrons. The van der Waals surface area contributed by atoms with Gasteiger partial charge >= 0.3 is 0 Å². The van der Waals surface area contributed by atoms with Crippen LogP contribution in [0.15, 0.2) is 59.1 Å². The van der Waals surface area contributed by atoms with Crippen LogP contribution in [-0.4, -0.2) is 43.4 Å². The molecule has 0 bridgehead atoms. The van der Waals surface area contributed by atoms with Gasteiger partial charge in [-0.15, -0.1) is 0 Å². The number of benzene rings is 2. The van der Waals surface area contributed by atoms with Gasteiger partial charge in [0.2, 0.25) is 5.82 Å². The van der Waals surface area contributed by atoms with Crippen LogP contribution in [0.1, 0.15) is 5.89 Å². The van der Waals surface area contributed by atoms with Gasteiger partial charge in [0.15, 0.2) is 6.54 Å². The van der Waals surface area contributed by atoms with Crippen LogP contribution in [0.4, 0.5) is 5.69 Å². The molecule has 1 aliphatic heterocycles. The zero-order chi connectivity index (χ0) is 17.8. The molecule has 0 amide bonds. The average molecular weight is 351 g/mol. The molecule has 1 fully saturated rings. The number of ether oxygens (including phenoxy) is 1. The Labute approximate surface area is 153 Å². The minimum Gasteiger partial charge on any atom is -0.497 e. The van der Waals surface area contributed by atoms with Gasteiger partial charge in [-0.05, 0) is 36.4 Å². The number of para-hydroxylation sites is 1. The van der Waals surface area contributed by atoms with Crippen molar-refractivity contribution in [3.05, 3.63) is 60.5 Å². The fourth-order valence-electron chi connectivity index (χ4n) is 3.29. The Bertz CT molecular complexity index is 825. The van der Waals surface area contributed by atoms with E-state index in [1.165, 1.54) is 10.6 Å². The Balaban J connectivity index is 1.35. The minimum atomic E-state index is 0.630. The number of aromatic nitrogens is 2. The summed E-state index contributed by atoms with van der Waals surface area (Å²) in [4.78, 5) is 8.46. The van der Waals surface area contributed by atoms with Gasteiger partial charge in [0, 0.05) is 11.3 Å². The van der Waals surface area contributed by atoms with Crippen molar-refractivity contribution >= 4 is 5.69 Å². The number of hydrogen-bond acceptors (Lipinski definition) is 5. The summed E-state index contributed by atoms with van der Waals surface area (Å²) in [5.41, 5.74) is 2.23. The predicted molar refractivity (Wildman–Crippen MR) is 99.3 cm³/mol. The fourth-order valence-corrected chi connectivity index (χ4v) is 3.29. The maximum atomic E-state index is 5.46. The Kier molecular flexibility index (Phi) is 4.84. The van der Waals surface area contributed by atoms with Crippen LogP contribution >= 0.6 is 0 Å². The molecule has 2 heterocycles. The average Bonchev–Trinajstić information content (AvgIpc) is 3.18. The molecule has 0 saturated carbocycles. The van der Waals surface area contributed by atoms with Crippen molar-refractivity contribution < 1.29 is 14.2 Å². The van der Waals surface area contributed by atoms with Crippen molar-refractivity contribution in [3.8, 4) is 17.1 Å². The topological polar surface area (TPSA) is 55.8 Å². The highest BCUT2D eigenvalue weighted by Gasteiger charge is 2.22. The first-order chi connectivity index (χ1) is 12.8. The summed E-state index contributed by atoms with van der Waals surface area (Å²) < 4.78 is 10.6. The van der Waals surface area contributed by atoms with E-state index in [9.17, 15) is 0 Å². The number of quaternary nitrogens is 1. The summed E-state index contributed by atoms with van der Waals surface area (Å²) in [6.07, 6.45) is 0. The number of hydrogen-bond donors (Lipinski definition) is 1. The second kappa shape index (κ2) is 7.58. The highest BCUT2D eigenvalue weighted by atomic mass is 16.5. The molecule has 0 atom stereocenters. The summed E-state index contributed by atoms with van der Waals surface area (Å²) in [7, 11) is 1.65. The van der Waals surface area contributed by atoms with E-state index in [4.69, 9.17) is 9.26 Å². The van der Waals surface area contributed by atoms with E-state index in [1.807, 2.05) is 24.3 Å². The van der Waals surface area contributed by atoms with Crippen molar-refractivity contribution in [2.24, 2.45) is 0 Å². The van der Waals surface area contributed by atoms with Gasteiger partial charge in [-0.25, -0.2) is 0 Å². The van der Waals surface area contributed by atoms with E-state index >= 15 is 0 Å².